The molecular weight excluding hydrogens is 304 g/mol. The number of aliphatic hydroxyl groups excluding tert-OH is 1. The van der Waals surface area contributed by atoms with Crippen LogP contribution in [0.15, 0.2) is 30.6 Å². The number of carbonyl (C=O) groups excluding carboxylic acids is 1. The fourth-order valence-electron chi connectivity index (χ4n) is 3.40. The lowest BCUT2D eigenvalue weighted by molar-refractivity contribution is 0.0816. The maximum absolute atomic E-state index is 12.0. The molecule has 1 aromatic carbocycles. The van der Waals surface area contributed by atoms with Crippen LogP contribution in [0.5, 0.6) is 0 Å². The number of benzene rings is 1. The van der Waals surface area contributed by atoms with Gasteiger partial charge in [0.1, 0.15) is 12.1 Å². The topological polar surface area (TPSA) is 69.6 Å². The molecule has 0 bridgehead atoms. The van der Waals surface area contributed by atoms with Crippen LogP contribution in [-0.4, -0.2) is 52.1 Å². The van der Waals surface area contributed by atoms with Crippen LogP contribution in [-0.2, 0) is 6.54 Å². The van der Waals surface area contributed by atoms with E-state index in [-0.39, 0.29) is 12.0 Å². The van der Waals surface area contributed by atoms with Crippen molar-refractivity contribution in [1.29, 1.82) is 0 Å². The Bertz CT molecular complexity index is 784. The molecule has 1 fully saturated rings. The van der Waals surface area contributed by atoms with Gasteiger partial charge in [0.15, 0.2) is 0 Å². The lowest BCUT2D eigenvalue weighted by Gasteiger charge is -2.30. The number of anilines is 1. The molecule has 1 amide bonds. The molecule has 0 saturated carbocycles. The first-order valence-electron chi connectivity index (χ1n) is 8.25. The summed E-state index contributed by atoms with van der Waals surface area (Å²) >= 11 is 0. The molecule has 0 unspecified atom stereocenters. The van der Waals surface area contributed by atoms with E-state index in [4.69, 9.17) is 0 Å². The molecule has 4 rings (SSSR count). The second-order valence-corrected chi connectivity index (χ2v) is 6.51. The minimum absolute atomic E-state index is 0.0757. The van der Waals surface area contributed by atoms with Gasteiger partial charge in [-0.15, -0.1) is 0 Å². The Morgan fingerprint density at radius 1 is 1.17 bits per heavy atom. The second-order valence-electron chi connectivity index (χ2n) is 6.51. The van der Waals surface area contributed by atoms with Crippen molar-refractivity contribution in [2.24, 2.45) is 0 Å². The molecule has 2 aliphatic rings. The third-order valence-corrected chi connectivity index (χ3v) is 4.83. The van der Waals surface area contributed by atoms with Crippen molar-refractivity contribution >= 4 is 11.7 Å². The molecule has 0 atom stereocenters. The number of fused-ring (bicyclic) bond motifs is 1. The van der Waals surface area contributed by atoms with Gasteiger partial charge in [0, 0.05) is 43.9 Å². The summed E-state index contributed by atoms with van der Waals surface area (Å²) in [4.78, 5) is 24.7. The van der Waals surface area contributed by atoms with Crippen LogP contribution < -0.4 is 4.90 Å². The largest absolute Gasteiger partial charge is 0.393 e. The third kappa shape index (κ3) is 2.63. The second kappa shape index (κ2) is 5.87. The number of carbonyl (C=O) groups is 1. The van der Waals surface area contributed by atoms with E-state index >= 15 is 0 Å². The Hall–Kier alpha value is -2.47. The highest BCUT2D eigenvalue weighted by molar-refractivity contribution is 5.98. The summed E-state index contributed by atoms with van der Waals surface area (Å²) in [6.07, 6.45) is 2.92. The Morgan fingerprint density at radius 3 is 2.75 bits per heavy atom. The summed E-state index contributed by atoms with van der Waals surface area (Å²) in [7, 11) is 1.82. The first kappa shape index (κ1) is 15.1. The number of rotatable bonds is 2. The number of hydrogen-bond acceptors (Lipinski definition) is 5. The molecule has 6 heteroatoms. The van der Waals surface area contributed by atoms with Crippen LogP contribution in [0.25, 0.3) is 11.3 Å². The van der Waals surface area contributed by atoms with E-state index in [0.717, 1.165) is 54.1 Å². The average molecular weight is 324 g/mol. The van der Waals surface area contributed by atoms with E-state index < -0.39 is 0 Å². The van der Waals surface area contributed by atoms with E-state index in [9.17, 15) is 9.90 Å². The first-order valence-corrected chi connectivity index (χ1v) is 8.25. The molecule has 0 radical (unpaired) electrons. The zero-order valence-electron chi connectivity index (χ0n) is 13.6. The number of nitrogens with zero attached hydrogens (tertiary/aromatic N) is 4. The first-order chi connectivity index (χ1) is 11.6. The minimum Gasteiger partial charge on any atom is -0.393 e. The van der Waals surface area contributed by atoms with Crippen LogP contribution in [0.2, 0.25) is 0 Å². The molecular formula is C18H20N4O2. The van der Waals surface area contributed by atoms with E-state index in [0.29, 0.717) is 6.54 Å². The van der Waals surface area contributed by atoms with Gasteiger partial charge < -0.3 is 14.9 Å². The molecule has 24 heavy (non-hydrogen) atoms. The van der Waals surface area contributed by atoms with Crippen LogP contribution >= 0.6 is 0 Å². The van der Waals surface area contributed by atoms with Crippen LogP contribution in [0.1, 0.15) is 28.8 Å². The quantitative estimate of drug-likeness (QED) is 0.910. The maximum atomic E-state index is 12.0. The van der Waals surface area contributed by atoms with Crippen molar-refractivity contribution < 1.29 is 9.90 Å². The highest BCUT2D eigenvalue weighted by Gasteiger charge is 2.24. The highest BCUT2D eigenvalue weighted by atomic mass is 16.3. The van der Waals surface area contributed by atoms with E-state index in [2.05, 4.69) is 14.9 Å². The van der Waals surface area contributed by atoms with Gasteiger partial charge in [0.2, 0.25) is 0 Å². The Kier molecular flexibility index (Phi) is 3.69. The summed E-state index contributed by atoms with van der Waals surface area (Å²) in [6.45, 7) is 2.26. The summed E-state index contributed by atoms with van der Waals surface area (Å²) in [5, 5.41) is 9.65. The van der Waals surface area contributed by atoms with E-state index in [1.807, 2.05) is 31.3 Å². The summed E-state index contributed by atoms with van der Waals surface area (Å²) < 4.78 is 0. The molecule has 1 N–H and O–H groups in total. The lowest BCUT2D eigenvalue weighted by Crippen LogP contribution is -2.36. The zero-order valence-corrected chi connectivity index (χ0v) is 13.6. The van der Waals surface area contributed by atoms with Crippen molar-refractivity contribution in [3.63, 3.8) is 0 Å². The summed E-state index contributed by atoms with van der Waals surface area (Å²) in [5.74, 6) is 0.965. The van der Waals surface area contributed by atoms with Crippen molar-refractivity contribution in [1.82, 2.24) is 14.9 Å². The Labute approximate surface area is 140 Å². The maximum Gasteiger partial charge on any atom is 0.254 e. The van der Waals surface area contributed by atoms with Gasteiger partial charge in [-0.1, -0.05) is 6.07 Å². The van der Waals surface area contributed by atoms with Gasteiger partial charge in [0.25, 0.3) is 5.91 Å². The third-order valence-electron chi connectivity index (χ3n) is 4.83. The SMILES string of the molecule is CN1Cc2cc(-c3cc(N4CCC(O)CC4)ncn3)ccc2C1=O. The predicted molar refractivity (Wildman–Crippen MR) is 90.7 cm³/mol. The fraction of sp³-hybridized carbons (Fsp3) is 0.389. The van der Waals surface area contributed by atoms with E-state index in [1.165, 1.54) is 0 Å². The summed E-state index contributed by atoms with van der Waals surface area (Å²) in [5.41, 5.74) is 3.68. The molecule has 0 aliphatic carbocycles. The number of aromatic nitrogens is 2. The number of hydrogen-bond donors (Lipinski definition) is 1. The molecule has 1 saturated heterocycles. The number of aliphatic hydroxyl groups is 1. The molecule has 124 valence electrons. The highest BCUT2D eigenvalue weighted by Crippen LogP contribution is 2.28. The number of piperidine rings is 1. The number of amides is 1. The Balaban J connectivity index is 1.63. The normalized spacial score (nSPS) is 18.2. The van der Waals surface area contributed by atoms with Gasteiger partial charge in [-0.25, -0.2) is 9.97 Å². The van der Waals surface area contributed by atoms with Crippen LogP contribution in [0.3, 0.4) is 0 Å². The van der Waals surface area contributed by atoms with E-state index in [1.54, 1.807) is 11.2 Å². The molecule has 2 aliphatic heterocycles. The van der Waals surface area contributed by atoms with Gasteiger partial charge in [-0.05, 0) is 30.5 Å². The Morgan fingerprint density at radius 2 is 1.96 bits per heavy atom. The predicted octanol–water partition coefficient (Wildman–Crippen LogP) is 1.69. The average Bonchev–Trinajstić information content (AvgIpc) is 2.89. The molecule has 3 heterocycles. The molecule has 1 aromatic heterocycles. The van der Waals surface area contributed by atoms with Crippen LogP contribution in [0.4, 0.5) is 5.82 Å². The van der Waals surface area contributed by atoms with Crippen molar-refractivity contribution in [2.45, 2.75) is 25.5 Å². The van der Waals surface area contributed by atoms with Gasteiger partial charge in [0.05, 0.1) is 11.8 Å². The van der Waals surface area contributed by atoms with Crippen molar-refractivity contribution in [3.8, 4) is 11.3 Å². The fourth-order valence-corrected chi connectivity index (χ4v) is 3.40. The van der Waals surface area contributed by atoms with Gasteiger partial charge >= 0.3 is 0 Å². The van der Waals surface area contributed by atoms with Gasteiger partial charge in [-0.3, -0.25) is 4.79 Å². The van der Waals surface area contributed by atoms with Crippen molar-refractivity contribution in [2.75, 3.05) is 25.0 Å². The summed E-state index contributed by atoms with van der Waals surface area (Å²) in [6, 6.07) is 7.86. The monoisotopic (exact) mass is 324 g/mol. The van der Waals surface area contributed by atoms with Crippen molar-refractivity contribution in [3.05, 3.63) is 41.7 Å². The van der Waals surface area contributed by atoms with Crippen LogP contribution in [0, 0.1) is 0 Å². The minimum atomic E-state index is -0.200. The van der Waals surface area contributed by atoms with Gasteiger partial charge in [-0.2, -0.15) is 0 Å². The zero-order chi connectivity index (χ0) is 16.7. The lowest BCUT2D eigenvalue weighted by atomic mass is 10.0. The smallest absolute Gasteiger partial charge is 0.254 e. The molecule has 6 nitrogen and oxygen atoms in total. The standard InChI is InChI=1S/C18H20N4O2/c1-21-10-13-8-12(2-3-15(13)18(21)24)16-9-17(20-11-19-16)22-6-4-14(23)5-7-22/h2-3,8-9,11,14,23H,4-7,10H2,1H3. The molecule has 0 spiro atoms. The molecule has 2 aromatic rings.